The van der Waals surface area contributed by atoms with Gasteiger partial charge in [0.25, 0.3) is 0 Å². The maximum atomic E-state index is 11.4. The van der Waals surface area contributed by atoms with Crippen LogP contribution < -0.4 is 11.1 Å². The Hall–Kier alpha value is -1.25. The Kier molecular flexibility index (Phi) is 6.68. The van der Waals surface area contributed by atoms with Crippen molar-refractivity contribution in [2.24, 2.45) is 10.7 Å². The third-order valence-electron chi connectivity index (χ3n) is 2.04. The van der Waals surface area contributed by atoms with Gasteiger partial charge < -0.3 is 11.1 Å². The van der Waals surface area contributed by atoms with Gasteiger partial charge in [0.05, 0.1) is 6.54 Å². The summed E-state index contributed by atoms with van der Waals surface area (Å²) in [5.41, 5.74) is 6.23. The average Bonchev–Trinajstić information content (AvgIpc) is 2.86. The summed E-state index contributed by atoms with van der Waals surface area (Å²) in [5, 5.41) is 5.87. The van der Waals surface area contributed by atoms with Gasteiger partial charge in [0, 0.05) is 11.9 Å². The number of aromatic nitrogens is 1. The average molecular weight is 300 g/mol. The zero-order valence-corrected chi connectivity index (χ0v) is 12.4. The number of thiazole rings is 1. The van der Waals surface area contributed by atoms with Crippen LogP contribution in [-0.4, -0.2) is 41.1 Å². The zero-order chi connectivity index (χ0) is 14.3. The van der Waals surface area contributed by atoms with Crippen molar-refractivity contribution < 1.29 is 9.59 Å². The molecule has 0 bridgehead atoms. The number of amides is 1. The number of nitrogens with zero attached hydrogens (tertiary/aromatic N) is 2. The molecule has 104 valence electrons. The number of carbonyl (C=O) groups excluding carboxylic acids is 2. The lowest BCUT2D eigenvalue weighted by Gasteiger charge is -2.01. The van der Waals surface area contributed by atoms with Crippen LogP contribution in [0.25, 0.3) is 0 Å². The highest BCUT2D eigenvalue weighted by molar-refractivity contribution is 8.13. The molecule has 0 aromatic carbocycles. The summed E-state index contributed by atoms with van der Waals surface area (Å²) in [4.78, 5) is 30.7. The summed E-state index contributed by atoms with van der Waals surface area (Å²) < 4.78 is 0. The second kappa shape index (κ2) is 8.03. The molecule has 0 saturated heterocycles. The SMILES string of the molecule is CSC(=NCC(=O)NCC(C)=O)c1csc(CN)n1. The molecule has 1 aromatic rings. The minimum Gasteiger partial charge on any atom is -0.347 e. The van der Waals surface area contributed by atoms with Crippen molar-refractivity contribution in [3.63, 3.8) is 0 Å². The highest BCUT2D eigenvalue weighted by atomic mass is 32.2. The Morgan fingerprint density at radius 3 is 2.84 bits per heavy atom. The number of thioether (sulfide) groups is 1. The molecule has 1 aromatic heterocycles. The van der Waals surface area contributed by atoms with Gasteiger partial charge in [-0.1, -0.05) is 0 Å². The largest absolute Gasteiger partial charge is 0.347 e. The summed E-state index contributed by atoms with van der Waals surface area (Å²) in [7, 11) is 0. The quantitative estimate of drug-likeness (QED) is 0.586. The van der Waals surface area contributed by atoms with E-state index in [9.17, 15) is 9.59 Å². The number of nitrogens with one attached hydrogen (secondary N) is 1. The molecule has 0 aliphatic carbocycles. The van der Waals surface area contributed by atoms with Crippen LogP contribution in [0.4, 0.5) is 0 Å². The van der Waals surface area contributed by atoms with E-state index in [4.69, 9.17) is 5.73 Å². The van der Waals surface area contributed by atoms with Crippen LogP contribution in [-0.2, 0) is 16.1 Å². The summed E-state index contributed by atoms with van der Waals surface area (Å²) in [5.74, 6) is -0.370. The number of rotatable bonds is 6. The Bertz CT molecular complexity index is 485. The highest BCUT2D eigenvalue weighted by Gasteiger charge is 2.08. The summed E-state index contributed by atoms with van der Waals surface area (Å²) >= 11 is 2.89. The van der Waals surface area contributed by atoms with Gasteiger partial charge in [0.2, 0.25) is 5.91 Å². The maximum absolute atomic E-state index is 11.4. The molecule has 0 saturated carbocycles. The van der Waals surface area contributed by atoms with Gasteiger partial charge in [-0.2, -0.15) is 0 Å². The lowest BCUT2D eigenvalue weighted by molar-refractivity contribution is -0.123. The number of hydrogen-bond donors (Lipinski definition) is 2. The smallest absolute Gasteiger partial charge is 0.242 e. The normalized spacial score (nSPS) is 11.4. The number of aliphatic imine (C=N–C) groups is 1. The van der Waals surface area contributed by atoms with Crippen LogP contribution in [0, 0.1) is 0 Å². The molecule has 0 atom stereocenters. The van der Waals surface area contributed by atoms with E-state index < -0.39 is 0 Å². The Labute approximate surface area is 119 Å². The van der Waals surface area contributed by atoms with Gasteiger partial charge >= 0.3 is 0 Å². The minimum atomic E-state index is -0.281. The van der Waals surface area contributed by atoms with Crippen molar-refractivity contribution in [2.75, 3.05) is 19.3 Å². The molecule has 1 amide bonds. The summed E-state index contributed by atoms with van der Waals surface area (Å²) in [6.45, 7) is 1.84. The number of hydrogen-bond acceptors (Lipinski definition) is 7. The second-order valence-corrected chi connectivity index (χ2v) is 5.37. The predicted molar refractivity (Wildman–Crippen MR) is 78.6 cm³/mol. The summed E-state index contributed by atoms with van der Waals surface area (Å²) in [6, 6.07) is 0. The van der Waals surface area contributed by atoms with Crippen molar-refractivity contribution in [3.8, 4) is 0 Å². The van der Waals surface area contributed by atoms with Crippen LogP contribution >= 0.6 is 23.1 Å². The topological polar surface area (TPSA) is 97.4 Å². The first kappa shape index (κ1) is 15.8. The van der Waals surface area contributed by atoms with Gasteiger partial charge in [-0.15, -0.1) is 23.1 Å². The molecule has 1 heterocycles. The van der Waals surface area contributed by atoms with Crippen LogP contribution in [0.15, 0.2) is 10.4 Å². The Morgan fingerprint density at radius 2 is 2.32 bits per heavy atom. The van der Waals surface area contributed by atoms with E-state index in [-0.39, 0.29) is 24.8 Å². The van der Waals surface area contributed by atoms with Crippen molar-refractivity contribution in [1.29, 1.82) is 0 Å². The van der Waals surface area contributed by atoms with E-state index in [2.05, 4.69) is 15.3 Å². The van der Waals surface area contributed by atoms with Crippen molar-refractivity contribution in [2.45, 2.75) is 13.5 Å². The number of Topliss-reactive ketones (excluding diaryl/α,β-unsaturated/α-hetero) is 1. The van der Waals surface area contributed by atoms with E-state index in [1.165, 1.54) is 30.0 Å². The van der Waals surface area contributed by atoms with Crippen molar-refractivity contribution >= 4 is 39.8 Å². The first-order valence-corrected chi connectivity index (χ1v) is 7.66. The monoisotopic (exact) mass is 300 g/mol. The first-order chi connectivity index (χ1) is 9.06. The van der Waals surface area contributed by atoms with Crippen LogP contribution in [0.3, 0.4) is 0 Å². The van der Waals surface area contributed by atoms with E-state index in [1.54, 1.807) is 0 Å². The lowest BCUT2D eigenvalue weighted by Crippen LogP contribution is -2.30. The molecule has 0 unspecified atom stereocenters. The van der Waals surface area contributed by atoms with Crippen LogP contribution in [0.5, 0.6) is 0 Å². The molecular weight excluding hydrogens is 284 g/mol. The molecule has 19 heavy (non-hydrogen) atoms. The molecule has 6 nitrogen and oxygen atoms in total. The van der Waals surface area contributed by atoms with Crippen molar-refractivity contribution in [3.05, 3.63) is 16.1 Å². The third-order valence-corrected chi connectivity index (χ3v) is 3.64. The fraction of sp³-hybridized carbons (Fsp3) is 0.455. The van der Waals surface area contributed by atoms with Gasteiger partial charge in [0.15, 0.2) is 0 Å². The lowest BCUT2D eigenvalue weighted by atomic mass is 10.4. The van der Waals surface area contributed by atoms with Crippen molar-refractivity contribution in [1.82, 2.24) is 10.3 Å². The molecular formula is C11H16N4O2S2. The third kappa shape index (κ3) is 5.50. The van der Waals surface area contributed by atoms with Gasteiger partial charge in [-0.3, -0.25) is 14.6 Å². The maximum Gasteiger partial charge on any atom is 0.242 e. The number of ketones is 1. The molecule has 1 rings (SSSR count). The Balaban J connectivity index is 2.61. The molecule has 3 N–H and O–H groups in total. The molecule has 0 aliphatic heterocycles. The first-order valence-electron chi connectivity index (χ1n) is 5.56. The summed E-state index contributed by atoms with van der Waals surface area (Å²) in [6.07, 6.45) is 1.87. The minimum absolute atomic E-state index is 0.0149. The van der Waals surface area contributed by atoms with E-state index in [0.29, 0.717) is 11.6 Å². The van der Waals surface area contributed by atoms with E-state index in [1.807, 2.05) is 11.6 Å². The predicted octanol–water partition coefficient (Wildman–Crippen LogP) is 0.417. The van der Waals surface area contributed by atoms with Crippen LogP contribution in [0.1, 0.15) is 17.6 Å². The number of nitrogens with two attached hydrogens (primary N) is 1. The van der Waals surface area contributed by atoms with E-state index >= 15 is 0 Å². The van der Waals surface area contributed by atoms with Gasteiger partial charge in [-0.25, -0.2) is 4.98 Å². The Morgan fingerprint density at radius 1 is 1.58 bits per heavy atom. The molecule has 0 spiro atoms. The van der Waals surface area contributed by atoms with Gasteiger partial charge in [0.1, 0.15) is 28.1 Å². The van der Waals surface area contributed by atoms with Gasteiger partial charge in [-0.05, 0) is 13.2 Å². The molecule has 8 heteroatoms. The molecule has 0 radical (unpaired) electrons. The zero-order valence-electron chi connectivity index (χ0n) is 10.8. The highest BCUT2D eigenvalue weighted by Crippen LogP contribution is 2.15. The molecule has 0 fully saturated rings. The number of carbonyl (C=O) groups is 2. The second-order valence-electron chi connectivity index (χ2n) is 3.63. The standard InChI is InChI=1S/C11H16N4O2S2/c1-7(16)4-13-9(17)5-14-11(18-2)8-6-19-10(3-12)15-8/h6H,3-5,12H2,1-2H3,(H,13,17). The van der Waals surface area contributed by atoms with Crippen LogP contribution in [0.2, 0.25) is 0 Å². The fourth-order valence-corrected chi connectivity index (χ4v) is 2.42. The molecule has 0 aliphatic rings. The van der Waals surface area contributed by atoms with E-state index in [0.717, 1.165) is 10.7 Å². The fourth-order valence-electron chi connectivity index (χ4n) is 1.18.